The highest BCUT2D eigenvalue weighted by molar-refractivity contribution is 5.94. The van der Waals surface area contributed by atoms with Gasteiger partial charge in [-0.15, -0.1) is 0 Å². The highest BCUT2D eigenvalue weighted by Gasteiger charge is 2.21. The van der Waals surface area contributed by atoms with Gasteiger partial charge in [0.15, 0.2) is 0 Å². The number of carbonyl (C=O) groups excluding carboxylic acids is 1. The van der Waals surface area contributed by atoms with Crippen LogP contribution in [0.2, 0.25) is 0 Å². The van der Waals surface area contributed by atoms with Gasteiger partial charge in [-0.05, 0) is 50.3 Å². The third-order valence-electron chi connectivity index (χ3n) is 4.69. The predicted molar refractivity (Wildman–Crippen MR) is 88.3 cm³/mol. The van der Waals surface area contributed by atoms with Crippen molar-refractivity contribution >= 4 is 11.6 Å². The van der Waals surface area contributed by atoms with Gasteiger partial charge in [-0.25, -0.2) is 0 Å². The molecule has 1 fully saturated rings. The Morgan fingerprint density at radius 3 is 2.38 bits per heavy atom. The maximum atomic E-state index is 12.1. The summed E-state index contributed by atoms with van der Waals surface area (Å²) in [6.07, 6.45) is 6.63. The zero-order chi connectivity index (χ0) is 15.1. The van der Waals surface area contributed by atoms with E-state index in [-0.39, 0.29) is 11.9 Å². The van der Waals surface area contributed by atoms with Crippen LogP contribution in [-0.2, 0) is 4.79 Å². The van der Waals surface area contributed by atoms with Crippen molar-refractivity contribution in [2.75, 3.05) is 11.9 Å². The second-order valence-corrected chi connectivity index (χ2v) is 6.28. The lowest BCUT2D eigenvalue weighted by molar-refractivity contribution is -0.117. The second kappa shape index (κ2) is 8.18. The van der Waals surface area contributed by atoms with E-state index in [1.807, 2.05) is 37.3 Å². The van der Waals surface area contributed by atoms with E-state index >= 15 is 0 Å². The lowest BCUT2D eigenvalue weighted by Crippen LogP contribution is -2.41. The number of anilines is 1. The zero-order valence-electron chi connectivity index (χ0n) is 13.3. The van der Waals surface area contributed by atoms with Gasteiger partial charge in [0, 0.05) is 5.69 Å². The van der Waals surface area contributed by atoms with Crippen molar-refractivity contribution in [2.45, 2.75) is 52.0 Å². The molecule has 116 valence electrons. The molecule has 0 heterocycles. The van der Waals surface area contributed by atoms with Crippen LogP contribution in [0.15, 0.2) is 30.3 Å². The Kier molecular flexibility index (Phi) is 6.24. The molecular weight excluding hydrogens is 260 g/mol. The number of para-hydroxylation sites is 1. The third kappa shape index (κ3) is 5.16. The van der Waals surface area contributed by atoms with Crippen LogP contribution in [-0.4, -0.2) is 18.5 Å². The van der Waals surface area contributed by atoms with Gasteiger partial charge in [-0.2, -0.15) is 0 Å². The predicted octanol–water partition coefficient (Wildman–Crippen LogP) is 3.82. The molecule has 0 spiro atoms. The van der Waals surface area contributed by atoms with Gasteiger partial charge in [0.05, 0.1) is 6.04 Å². The Balaban J connectivity index is 1.69. The molecule has 1 atom stereocenters. The summed E-state index contributed by atoms with van der Waals surface area (Å²) in [5.41, 5.74) is 0.861. The third-order valence-corrected chi connectivity index (χ3v) is 4.69. The van der Waals surface area contributed by atoms with Gasteiger partial charge >= 0.3 is 0 Å². The summed E-state index contributed by atoms with van der Waals surface area (Å²) in [6, 6.07) is 9.49. The molecule has 1 aliphatic carbocycles. The molecule has 0 aromatic heterocycles. The lowest BCUT2D eigenvalue weighted by Gasteiger charge is -2.28. The molecule has 2 rings (SSSR count). The van der Waals surface area contributed by atoms with Gasteiger partial charge in [0.1, 0.15) is 0 Å². The summed E-state index contributed by atoms with van der Waals surface area (Å²) in [6.45, 7) is 5.19. The van der Waals surface area contributed by atoms with E-state index < -0.39 is 0 Å². The standard InChI is InChI=1S/C18H28N2O/c1-3-15-9-11-16(12-10-15)13-19-14(2)18(21)20-17-7-5-4-6-8-17/h4-8,14-16,19H,3,9-13H2,1-2H3,(H,20,21). The fourth-order valence-electron chi connectivity index (χ4n) is 3.05. The lowest BCUT2D eigenvalue weighted by atomic mass is 9.81. The largest absolute Gasteiger partial charge is 0.325 e. The molecule has 1 aliphatic rings. The topological polar surface area (TPSA) is 41.1 Å². The Bertz CT molecular complexity index is 424. The van der Waals surface area contributed by atoms with E-state index in [0.717, 1.165) is 24.1 Å². The SMILES string of the molecule is CCC1CCC(CNC(C)C(=O)Nc2ccccc2)CC1. The molecule has 1 saturated carbocycles. The molecule has 0 radical (unpaired) electrons. The van der Waals surface area contributed by atoms with Gasteiger partial charge in [0.25, 0.3) is 0 Å². The van der Waals surface area contributed by atoms with Gasteiger partial charge < -0.3 is 10.6 Å². The highest BCUT2D eigenvalue weighted by atomic mass is 16.2. The normalized spacial score (nSPS) is 23.5. The molecule has 2 N–H and O–H groups in total. The average molecular weight is 288 g/mol. The van der Waals surface area contributed by atoms with Crippen molar-refractivity contribution in [3.8, 4) is 0 Å². The molecule has 3 nitrogen and oxygen atoms in total. The molecular formula is C18H28N2O. The Labute approximate surface area is 128 Å². The molecule has 21 heavy (non-hydrogen) atoms. The number of hydrogen-bond acceptors (Lipinski definition) is 2. The van der Waals surface area contributed by atoms with E-state index in [1.54, 1.807) is 0 Å². The fraction of sp³-hybridized carbons (Fsp3) is 0.611. The summed E-state index contributed by atoms with van der Waals surface area (Å²) in [7, 11) is 0. The van der Waals surface area contributed by atoms with Crippen LogP contribution in [0.4, 0.5) is 5.69 Å². The van der Waals surface area contributed by atoms with E-state index in [0.29, 0.717) is 0 Å². The average Bonchev–Trinajstić information content (AvgIpc) is 2.54. The Hall–Kier alpha value is -1.35. The van der Waals surface area contributed by atoms with Crippen LogP contribution in [0.1, 0.15) is 46.0 Å². The summed E-state index contributed by atoms with van der Waals surface area (Å²) in [5.74, 6) is 1.71. The smallest absolute Gasteiger partial charge is 0.241 e. The molecule has 1 unspecified atom stereocenters. The van der Waals surface area contributed by atoms with E-state index in [4.69, 9.17) is 0 Å². The van der Waals surface area contributed by atoms with Crippen molar-refractivity contribution in [2.24, 2.45) is 11.8 Å². The number of nitrogens with one attached hydrogen (secondary N) is 2. The van der Waals surface area contributed by atoms with Gasteiger partial charge in [-0.1, -0.05) is 44.4 Å². The molecule has 1 aromatic carbocycles. The zero-order valence-corrected chi connectivity index (χ0v) is 13.3. The first-order valence-electron chi connectivity index (χ1n) is 8.28. The van der Waals surface area contributed by atoms with Gasteiger partial charge in [-0.3, -0.25) is 4.79 Å². The summed E-state index contributed by atoms with van der Waals surface area (Å²) in [4.78, 5) is 12.1. The molecule has 0 saturated heterocycles. The van der Waals surface area contributed by atoms with Crippen LogP contribution >= 0.6 is 0 Å². The molecule has 1 amide bonds. The maximum absolute atomic E-state index is 12.1. The van der Waals surface area contributed by atoms with Gasteiger partial charge in [0.2, 0.25) is 5.91 Å². The van der Waals surface area contributed by atoms with Crippen molar-refractivity contribution in [3.05, 3.63) is 30.3 Å². The highest BCUT2D eigenvalue weighted by Crippen LogP contribution is 2.30. The monoisotopic (exact) mass is 288 g/mol. The summed E-state index contributed by atoms with van der Waals surface area (Å²) >= 11 is 0. The quantitative estimate of drug-likeness (QED) is 0.835. The minimum atomic E-state index is -0.144. The van der Waals surface area contributed by atoms with Crippen molar-refractivity contribution < 1.29 is 4.79 Å². The summed E-state index contributed by atoms with van der Waals surface area (Å²) in [5, 5.41) is 6.34. The molecule has 0 aliphatic heterocycles. The van der Waals surface area contributed by atoms with E-state index in [2.05, 4.69) is 17.6 Å². The molecule has 3 heteroatoms. The van der Waals surface area contributed by atoms with Crippen LogP contribution in [0, 0.1) is 11.8 Å². The Morgan fingerprint density at radius 1 is 1.14 bits per heavy atom. The fourth-order valence-corrected chi connectivity index (χ4v) is 3.05. The number of rotatable bonds is 6. The number of benzene rings is 1. The minimum Gasteiger partial charge on any atom is -0.325 e. The second-order valence-electron chi connectivity index (χ2n) is 6.28. The van der Waals surface area contributed by atoms with Crippen molar-refractivity contribution in [1.82, 2.24) is 5.32 Å². The molecule has 0 bridgehead atoms. The van der Waals surface area contributed by atoms with Crippen molar-refractivity contribution in [3.63, 3.8) is 0 Å². The van der Waals surface area contributed by atoms with Crippen LogP contribution < -0.4 is 10.6 Å². The number of hydrogen-bond donors (Lipinski definition) is 2. The van der Waals surface area contributed by atoms with Crippen LogP contribution in [0.3, 0.4) is 0 Å². The first-order valence-corrected chi connectivity index (χ1v) is 8.28. The van der Waals surface area contributed by atoms with Crippen LogP contribution in [0.5, 0.6) is 0 Å². The number of amides is 1. The number of carbonyl (C=O) groups is 1. The van der Waals surface area contributed by atoms with E-state index in [1.165, 1.54) is 32.1 Å². The maximum Gasteiger partial charge on any atom is 0.241 e. The van der Waals surface area contributed by atoms with E-state index in [9.17, 15) is 4.79 Å². The van der Waals surface area contributed by atoms with Crippen LogP contribution in [0.25, 0.3) is 0 Å². The van der Waals surface area contributed by atoms with Crippen molar-refractivity contribution in [1.29, 1.82) is 0 Å². The molecule has 1 aromatic rings. The first-order chi connectivity index (χ1) is 10.2. The Morgan fingerprint density at radius 2 is 1.76 bits per heavy atom. The first kappa shape index (κ1) is 16.0. The minimum absolute atomic E-state index is 0.0449. The summed E-state index contributed by atoms with van der Waals surface area (Å²) < 4.78 is 0.